The minimum atomic E-state index is -0.185. The van der Waals surface area contributed by atoms with E-state index in [9.17, 15) is 4.39 Å². The first kappa shape index (κ1) is 22.9. The molecule has 0 heterocycles. The molecule has 0 saturated carbocycles. The lowest BCUT2D eigenvalue weighted by Crippen LogP contribution is -2.40. The van der Waals surface area contributed by atoms with Gasteiger partial charge in [0, 0.05) is 24.1 Å². The third kappa shape index (κ3) is 9.05. The van der Waals surface area contributed by atoms with Crippen molar-refractivity contribution in [1.29, 1.82) is 0 Å². The molecule has 0 spiro atoms. The van der Waals surface area contributed by atoms with E-state index in [-0.39, 0.29) is 29.8 Å². The van der Waals surface area contributed by atoms with E-state index in [1.54, 1.807) is 17.8 Å². The summed E-state index contributed by atoms with van der Waals surface area (Å²) < 4.78 is 13.4. The molecular weight excluding hydrogens is 444 g/mol. The van der Waals surface area contributed by atoms with Crippen LogP contribution in [-0.2, 0) is 12.3 Å². The summed E-state index contributed by atoms with van der Waals surface area (Å²) in [6, 6.07) is 4.95. The van der Waals surface area contributed by atoms with Crippen molar-refractivity contribution in [3.8, 4) is 0 Å². The monoisotopic (exact) mass is 471 g/mol. The second-order valence-electron chi connectivity index (χ2n) is 4.97. The highest BCUT2D eigenvalue weighted by molar-refractivity contribution is 14.0. The number of thioether (sulfide) groups is 2. The SMILES string of the molecule is CCNC(=NCc1ccc(F)cc1CSC)NCC(C)SC.I. The molecule has 0 aliphatic carbocycles. The van der Waals surface area contributed by atoms with Crippen LogP contribution in [0.15, 0.2) is 23.2 Å². The van der Waals surface area contributed by atoms with Crippen LogP contribution in [-0.4, -0.2) is 36.8 Å². The number of hydrogen-bond acceptors (Lipinski definition) is 3. The molecule has 0 aliphatic rings. The number of hydrogen-bond donors (Lipinski definition) is 2. The van der Waals surface area contributed by atoms with Crippen molar-refractivity contribution < 1.29 is 4.39 Å². The molecule has 0 radical (unpaired) electrons. The van der Waals surface area contributed by atoms with Gasteiger partial charge >= 0.3 is 0 Å². The molecule has 23 heavy (non-hydrogen) atoms. The Bertz CT molecular complexity index is 486. The standard InChI is InChI=1S/C16H26FN3S2.HI/c1-5-18-16(19-9-12(2)22-4)20-10-13-6-7-15(17)8-14(13)11-21-3;/h6-8,12H,5,9-11H2,1-4H3,(H2,18,19,20);1H. The predicted octanol–water partition coefficient (Wildman–Crippen LogP) is 4.11. The van der Waals surface area contributed by atoms with Crippen LogP contribution in [0.5, 0.6) is 0 Å². The quantitative estimate of drug-likeness (QED) is 0.340. The molecule has 3 nitrogen and oxygen atoms in total. The summed E-state index contributed by atoms with van der Waals surface area (Å²) in [4.78, 5) is 4.62. The topological polar surface area (TPSA) is 36.4 Å². The Kier molecular flexibility index (Phi) is 13.1. The van der Waals surface area contributed by atoms with Crippen molar-refractivity contribution in [1.82, 2.24) is 10.6 Å². The van der Waals surface area contributed by atoms with Crippen molar-refractivity contribution in [2.75, 3.05) is 25.6 Å². The number of aliphatic imine (C=N–C) groups is 1. The van der Waals surface area contributed by atoms with Gasteiger partial charge in [0.1, 0.15) is 5.82 Å². The molecule has 1 atom stereocenters. The van der Waals surface area contributed by atoms with E-state index in [4.69, 9.17) is 0 Å². The summed E-state index contributed by atoms with van der Waals surface area (Å²) in [6.45, 7) is 6.47. The zero-order chi connectivity index (χ0) is 16.4. The van der Waals surface area contributed by atoms with Gasteiger partial charge in [0.05, 0.1) is 6.54 Å². The minimum absolute atomic E-state index is 0. The highest BCUT2D eigenvalue weighted by Crippen LogP contribution is 2.17. The van der Waals surface area contributed by atoms with Gasteiger partial charge in [-0.25, -0.2) is 9.38 Å². The van der Waals surface area contributed by atoms with Crippen molar-refractivity contribution in [2.45, 2.75) is 31.4 Å². The lowest BCUT2D eigenvalue weighted by molar-refractivity contribution is 0.625. The number of guanidine groups is 1. The average molecular weight is 471 g/mol. The maximum absolute atomic E-state index is 13.4. The Morgan fingerprint density at radius 3 is 2.61 bits per heavy atom. The van der Waals surface area contributed by atoms with Gasteiger partial charge in [-0.2, -0.15) is 23.5 Å². The molecule has 0 saturated heterocycles. The third-order valence-electron chi connectivity index (χ3n) is 3.18. The first-order valence-electron chi connectivity index (χ1n) is 7.41. The number of nitrogens with zero attached hydrogens (tertiary/aromatic N) is 1. The zero-order valence-electron chi connectivity index (χ0n) is 14.2. The molecular formula is C16H27FIN3S2. The summed E-state index contributed by atoms with van der Waals surface area (Å²) >= 11 is 3.51. The Morgan fingerprint density at radius 1 is 1.26 bits per heavy atom. The molecule has 2 N–H and O–H groups in total. The van der Waals surface area contributed by atoms with Crippen LogP contribution in [0.3, 0.4) is 0 Å². The van der Waals surface area contributed by atoms with Gasteiger partial charge < -0.3 is 10.6 Å². The zero-order valence-corrected chi connectivity index (χ0v) is 18.2. The van der Waals surface area contributed by atoms with Crippen LogP contribution < -0.4 is 10.6 Å². The maximum Gasteiger partial charge on any atom is 0.191 e. The van der Waals surface area contributed by atoms with E-state index in [0.717, 1.165) is 35.9 Å². The van der Waals surface area contributed by atoms with Gasteiger partial charge in [-0.3, -0.25) is 0 Å². The second-order valence-corrected chi connectivity index (χ2v) is 7.11. The smallest absolute Gasteiger partial charge is 0.191 e. The van der Waals surface area contributed by atoms with Gasteiger partial charge in [-0.1, -0.05) is 13.0 Å². The highest BCUT2D eigenvalue weighted by Gasteiger charge is 2.05. The Labute approximate surface area is 165 Å². The normalized spacial score (nSPS) is 12.5. The van der Waals surface area contributed by atoms with E-state index in [0.29, 0.717) is 11.8 Å². The summed E-state index contributed by atoms with van der Waals surface area (Å²) in [5, 5.41) is 7.12. The van der Waals surface area contributed by atoms with Gasteiger partial charge in [0.25, 0.3) is 0 Å². The maximum atomic E-state index is 13.4. The first-order chi connectivity index (χ1) is 10.6. The summed E-state index contributed by atoms with van der Waals surface area (Å²) in [5.41, 5.74) is 2.09. The van der Waals surface area contributed by atoms with E-state index >= 15 is 0 Å². The van der Waals surface area contributed by atoms with E-state index in [2.05, 4.69) is 28.8 Å². The van der Waals surface area contributed by atoms with Crippen LogP contribution in [0.1, 0.15) is 25.0 Å². The van der Waals surface area contributed by atoms with Gasteiger partial charge in [0.15, 0.2) is 5.96 Å². The molecule has 0 aromatic heterocycles. The van der Waals surface area contributed by atoms with Gasteiger partial charge in [-0.15, -0.1) is 24.0 Å². The van der Waals surface area contributed by atoms with E-state index < -0.39 is 0 Å². The number of nitrogens with one attached hydrogen (secondary N) is 2. The summed E-state index contributed by atoms with van der Waals surface area (Å²) in [6.07, 6.45) is 4.12. The second kappa shape index (κ2) is 13.2. The van der Waals surface area contributed by atoms with Crippen LogP contribution in [0, 0.1) is 5.82 Å². The van der Waals surface area contributed by atoms with Crippen LogP contribution in [0.4, 0.5) is 4.39 Å². The summed E-state index contributed by atoms with van der Waals surface area (Å²) in [5.74, 6) is 1.43. The number of benzene rings is 1. The summed E-state index contributed by atoms with van der Waals surface area (Å²) in [7, 11) is 0. The largest absolute Gasteiger partial charge is 0.357 e. The highest BCUT2D eigenvalue weighted by atomic mass is 127. The molecule has 0 bridgehead atoms. The minimum Gasteiger partial charge on any atom is -0.357 e. The molecule has 1 aromatic carbocycles. The first-order valence-corrected chi connectivity index (χ1v) is 10.1. The number of rotatable bonds is 8. The lowest BCUT2D eigenvalue weighted by atomic mass is 10.1. The van der Waals surface area contributed by atoms with Crippen LogP contribution in [0.25, 0.3) is 0 Å². The Morgan fingerprint density at radius 2 is 2.00 bits per heavy atom. The fourth-order valence-electron chi connectivity index (χ4n) is 1.87. The molecule has 7 heteroatoms. The van der Waals surface area contributed by atoms with E-state index in [1.165, 1.54) is 6.07 Å². The molecule has 0 aliphatic heterocycles. The Balaban J connectivity index is 0.00000484. The number of halogens is 2. The van der Waals surface area contributed by atoms with E-state index in [1.807, 2.05) is 31.0 Å². The Hall–Kier alpha value is -0.150. The van der Waals surface area contributed by atoms with Crippen molar-refractivity contribution in [2.24, 2.45) is 4.99 Å². The van der Waals surface area contributed by atoms with Crippen molar-refractivity contribution in [3.05, 3.63) is 35.1 Å². The third-order valence-corrected chi connectivity index (χ3v) is 4.75. The molecule has 1 unspecified atom stereocenters. The lowest BCUT2D eigenvalue weighted by Gasteiger charge is -2.15. The van der Waals surface area contributed by atoms with Crippen molar-refractivity contribution in [3.63, 3.8) is 0 Å². The van der Waals surface area contributed by atoms with Crippen LogP contribution >= 0.6 is 47.5 Å². The van der Waals surface area contributed by atoms with Crippen LogP contribution in [0.2, 0.25) is 0 Å². The predicted molar refractivity (Wildman–Crippen MR) is 115 cm³/mol. The molecule has 0 amide bonds. The van der Waals surface area contributed by atoms with Gasteiger partial charge in [-0.05, 0) is 42.7 Å². The van der Waals surface area contributed by atoms with Gasteiger partial charge in [0.2, 0.25) is 0 Å². The average Bonchev–Trinajstić information content (AvgIpc) is 2.51. The molecule has 1 aromatic rings. The van der Waals surface area contributed by atoms with Crippen molar-refractivity contribution >= 4 is 53.5 Å². The molecule has 1 rings (SSSR count). The fourth-order valence-corrected chi connectivity index (χ4v) is 2.70. The fraction of sp³-hybridized carbons (Fsp3) is 0.562. The molecule has 0 fully saturated rings. The molecule has 132 valence electrons.